The van der Waals surface area contributed by atoms with Crippen molar-refractivity contribution in [3.05, 3.63) is 41.4 Å². The van der Waals surface area contributed by atoms with Crippen molar-refractivity contribution in [3.8, 4) is 5.75 Å². The van der Waals surface area contributed by atoms with E-state index in [1.54, 1.807) is 36.4 Å². The van der Waals surface area contributed by atoms with Crippen molar-refractivity contribution >= 4 is 44.9 Å². The maximum absolute atomic E-state index is 11.7. The minimum absolute atomic E-state index is 0.152. The van der Waals surface area contributed by atoms with Crippen LogP contribution in [0.2, 0.25) is 5.02 Å². The minimum Gasteiger partial charge on any atom is -0.484 e. The molecule has 1 aromatic heterocycles. The largest absolute Gasteiger partial charge is 0.484 e. The molecule has 110 valence electrons. The highest BCUT2D eigenvalue weighted by atomic mass is 35.5. The molecule has 0 aliphatic rings. The first-order valence-corrected chi connectivity index (χ1v) is 7.00. The third-order valence-electron chi connectivity index (χ3n) is 2.28. The maximum Gasteiger partial charge on any atom is 0.409 e. The standard InChI is InChI=1S/C13H11ClN2O4S/c14-8-1-3-9(4-2-8)20-7-10(17)15-11-5-6-12(21-11)16-13(18)19/h1-6,16H,7H2,(H,15,17)(H,18,19). The maximum atomic E-state index is 11.7. The number of hydrogen-bond donors (Lipinski definition) is 3. The molecule has 0 saturated heterocycles. The van der Waals surface area contributed by atoms with Gasteiger partial charge in [-0.2, -0.15) is 0 Å². The summed E-state index contributed by atoms with van der Waals surface area (Å²) < 4.78 is 5.29. The predicted molar refractivity (Wildman–Crippen MR) is 81.5 cm³/mol. The molecule has 2 rings (SSSR count). The Labute approximate surface area is 129 Å². The highest BCUT2D eigenvalue weighted by Crippen LogP contribution is 2.26. The zero-order chi connectivity index (χ0) is 15.2. The minimum atomic E-state index is -1.15. The summed E-state index contributed by atoms with van der Waals surface area (Å²) in [5.74, 6) is 0.197. The van der Waals surface area contributed by atoms with E-state index in [2.05, 4.69) is 10.6 Å². The number of thiophene rings is 1. The third kappa shape index (κ3) is 4.97. The van der Waals surface area contributed by atoms with Crippen molar-refractivity contribution in [3.63, 3.8) is 0 Å². The van der Waals surface area contributed by atoms with Crippen molar-refractivity contribution in [2.75, 3.05) is 17.2 Å². The number of carboxylic acid groups (broad SMARTS) is 1. The van der Waals surface area contributed by atoms with Crippen molar-refractivity contribution < 1.29 is 19.4 Å². The molecule has 0 saturated carbocycles. The molecule has 1 aromatic carbocycles. The number of hydrogen-bond acceptors (Lipinski definition) is 4. The Morgan fingerprint density at radius 3 is 2.33 bits per heavy atom. The van der Waals surface area contributed by atoms with Crippen molar-refractivity contribution in [2.24, 2.45) is 0 Å². The smallest absolute Gasteiger partial charge is 0.409 e. The highest BCUT2D eigenvalue weighted by Gasteiger charge is 2.07. The van der Waals surface area contributed by atoms with Gasteiger partial charge >= 0.3 is 6.09 Å². The number of anilines is 2. The van der Waals surface area contributed by atoms with Crippen LogP contribution in [-0.2, 0) is 4.79 Å². The molecule has 8 heteroatoms. The topological polar surface area (TPSA) is 87.7 Å². The zero-order valence-electron chi connectivity index (χ0n) is 10.6. The summed E-state index contributed by atoms with van der Waals surface area (Å²) in [4.78, 5) is 22.2. The Kier molecular flexibility index (Phi) is 5.02. The second-order valence-electron chi connectivity index (χ2n) is 3.88. The summed E-state index contributed by atoms with van der Waals surface area (Å²) in [6, 6.07) is 9.83. The predicted octanol–water partition coefficient (Wildman–Crippen LogP) is 3.51. The van der Waals surface area contributed by atoms with Gasteiger partial charge < -0.3 is 15.2 Å². The normalized spacial score (nSPS) is 9.95. The summed E-state index contributed by atoms with van der Waals surface area (Å²) in [6.07, 6.45) is -1.15. The van der Waals surface area contributed by atoms with Crippen LogP contribution in [-0.4, -0.2) is 23.7 Å². The molecule has 0 atom stereocenters. The third-order valence-corrected chi connectivity index (χ3v) is 3.45. The van der Waals surface area contributed by atoms with Crippen LogP contribution in [0.5, 0.6) is 5.75 Å². The van der Waals surface area contributed by atoms with Crippen LogP contribution in [0.25, 0.3) is 0 Å². The van der Waals surface area contributed by atoms with Crippen molar-refractivity contribution in [2.45, 2.75) is 0 Å². The van der Waals surface area contributed by atoms with Gasteiger partial charge in [0, 0.05) is 5.02 Å². The average Bonchev–Trinajstić information content (AvgIpc) is 2.84. The van der Waals surface area contributed by atoms with Crippen LogP contribution in [0.4, 0.5) is 14.8 Å². The lowest BCUT2D eigenvalue weighted by molar-refractivity contribution is -0.118. The van der Waals surface area contributed by atoms with Crippen LogP contribution < -0.4 is 15.4 Å². The summed E-state index contributed by atoms with van der Waals surface area (Å²) in [6.45, 7) is -0.152. The number of benzene rings is 1. The van der Waals surface area contributed by atoms with Crippen LogP contribution in [0.3, 0.4) is 0 Å². The van der Waals surface area contributed by atoms with Crippen LogP contribution in [0.15, 0.2) is 36.4 Å². The number of rotatable bonds is 5. The quantitative estimate of drug-likeness (QED) is 0.784. The molecular formula is C13H11ClN2O4S. The monoisotopic (exact) mass is 326 g/mol. The summed E-state index contributed by atoms with van der Waals surface area (Å²) in [5.41, 5.74) is 0. The van der Waals surface area contributed by atoms with Gasteiger partial charge in [-0.15, -0.1) is 11.3 Å². The Morgan fingerprint density at radius 1 is 1.10 bits per heavy atom. The molecule has 0 aliphatic heterocycles. The fourth-order valence-corrected chi connectivity index (χ4v) is 2.37. The second kappa shape index (κ2) is 6.96. The molecule has 2 amide bonds. The van der Waals surface area contributed by atoms with E-state index in [1.165, 1.54) is 0 Å². The number of nitrogens with one attached hydrogen (secondary N) is 2. The van der Waals surface area contributed by atoms with E-state index in [1.807, 2.05) is 0 Å². The van der Waals surface area contributed by atoms with Gasteiger partial charge in [0.25, 0.3) is 5.91 Å². The summed E-state index contributed by atoms with van der Waals surface area (Å²) >= 11 is 6.86. The van der Waals surface area contributed by atoms with Gasteiger partial charge in [0.15, 0.2) is 6.61 Å². The molecule has 21 heavy (non-hydrogen) atoms. The molecule has 0 radical (unpaired) electrons. The second-order valence-corrected chi connectivity index (χ2v) is 5.41. The highest BCUT2D eigenvalue weighted by molar-refractivity contribution is 7.20. The Morgan fingerprint density at radius 2 is 1.71 bits per heavy atom. The van der Waals surface area contributed by atoms with E-state index in [4.69, 9.17) is 21.4 Å². The van der Waals surface area contributed by atoms with Crippen molar-refractivity contribution in [1.29, 1.82) is 0 Å². The molecule has 0 spiro atoms. The molecule has 2 aromatic rings. The fraction of sp³-hybridized carbons (Fsp3) is 0.0769. The van der Waals surface area contributed by atoms with E-state index in [0.29, 0.717) is 20.8 Å². The molecule has 6 nitrogen and oxygen atoms in total. The van der Waals surface area contributed by atoms with Crippen molar-refractivity contribution in [1.82, 2.24) is 0 Å². The van der Waals surface area contributed by atoms with Gasteiger partial charge in [-0.3, -0.25) is 10.1 Å². The molecule has 1 heterocycles. The first-order valence-electron chi connectivity index (χ1n) is 5.81. The number of halogens is 1. The van der Waals surface area contributed by atoms with Gasteiger partial charge in [0.05, 0.1) is 10.0 Å². The Balaban J connectivity index is 1.82. The molecule has 0 aliphatic carbocycles. The van der Waals surface area contributed by atoms with Gasteiger partial charge in [-0.05, 0) is 36.4 Å². The first-order chi connectivity index (χ1) is 10.0. The summed E-state index contributed by atoms with van der Waals surface area (Å²) in [7, 11) is 0. The zero-order valence-corrected chi connectivity index (χ0v) is 12.2. The number of amides is 2. The van der Waals surface area contributed by atoms with E-state index in [0.717, 1.165) is 11.3 Å². The molecule has 3 N–H and O–H groups in total. The van der Waals surface area contributed by atoms with Crippen LogP contribution in [0, 0.1) is 0 Å². The lowest BCUT2D eigenvalue weighted by atomic mass is 10.3. The number of carbonyl (C=O) groups is 2. The van der Waals surface area contributed by atoms with Gasteiger partial charge in [0.1, 0.15) is 5.75 Å². The lowest BCUT2D eigenvalue weighted by Gasteiger charge is -2.06. The molecule has 0 bridgehead atoms. The Hall–Kier alpha value is -2.25. The van der Waals surface area contributed by atoms with Crippen LogP contribution in [0.1, 0.15) is 0 Å². The fourth-order valence-electron chi connectivity index (χ4n) is 1.43. The Bertz CT molecular complexity index is 642. The van der Waals surface area contributed by atoms with Gasteiger partial charge in [-0.25, -0.2) is 4.79 Å². The lowest BCUT2D eigenvalue weighted by Crippen LogP contribution is -2.19. The SMILES string of the molecule is O=C(O)Nc1ccc(NC(=O)COc2ccc(Cl)cc2)s1. The van der Waals surface area contributed by atoms with Gasteiger partial charge in [0.2, 0.25) is 0 Å². The number of ether oxygens (including phenoxy) is 1. The van der Waals surface area contributed by atoms with Gasteiger partial charge in [-0.1, -0.05) is 11.6 Å². The van der Waals surface area contributed by atoms with E-state index in [-0.39, 0.29) is 12.5 Å². The van der Waals surface area contributed by atoms with Crippen LogP contribution >= 0.6 is 22.9 Å². The molecule has 0 unspecified atom stereocenters. The van der Waals surface area contributed by atoms with E-state index < -0.39 is 6.09 Å². The number of carbonyl (C=O) groups excluding carboxylic acids is 1. The molecule has 0 fully saturated rings. The van der Waals surface area contributed by atoms with E-state index >= 15 is 0 Å². The first kappa shape index (κ1) is 15.1. The van der Waals surface area contributed by atoms with E-state index in [9.17, 15) is 9.59 Å². The molecular weight excluding hydrogens is 316 g/mol. The average molecular weight is 327 g/mol. The summed E-state index contributed by atoms with van der Waals surface area (Å²) in [5, 5.41) is 14.9.